The van der Waals surface area contributed by atoms with Gasteiger partial charge in [-0.15, -0.1) is 0 Å². The summed E-state index contributed by atoms with van der Waals surface area (Å²) in [5.41, 5.74) is 4.20. The Balaban J connectivity index is 1.91. The van der Waals surface area contributed by atoms with Crippen molar-refractivity contribution < 1.29 is 9.53 Å². The first-order valence-corrected chi connectivity index (χ1v) is 6.91. The molecule has 0 amide bonds. The minimum atomic E-state index is -0.340. The van der Waals surface area contributed by atoms with E-state index in [0.717, 1.165) is 38.6 Å². The minimum Gasteiger partial charge on any atom is -0.462 e. The third kappa shape index (κ3) is 3.19. The lowest BCUT2D eigenvalue weighted by Crippen LogP contribution is -2.22. The van der Waals surface area contributed by atoms with E-state index in [2.05, 4.69) is 22.9 Å². The molecule has 1 fully saturated rings. The minimum absolute atomic E-state index is 0.340. The molecule has 4 nitrogen and oxygen atoms in total. The summed E-state index contributed by atoms with van der Waals surface area (Å²) in [7, 11) is 2.00. The zero-order valence-electron chi connectivity index (χ0n) is 11.6. The second-order valence-electron chi connectivity index (χ2n) is 4.79. The molecule has 19 heavy (non-hydrogen) atoms. The average molecular weight is 262 g/mol. The first-order chi connectivity index (χ1) is 9.26. The lowest BCUT2D eigenvalue weighted by Gasteiger charge is -2.23. The quantitative estimate of drug-likeness (QED) is 0.453. The van der Waals surface area contributed by atoms with Crippen LogP contribution < -0.4 is 5.32 Å². The third-order valence-corrected chi connectivity index (χ3v) is 3.65. The lowest BCUT2D eigenvalue weighted by molar-refractivity contribution is -0.137. The van der Waals surface area contributed by atoms with Crippen LogP contribution in [0.1, 0.15) is 32.1 Å². The fourth-order valence-electron chi connectivity index (χ4n) is 2.75. The highest BCUT2D eigenvalue weighted by atomic mass is 16.5. The van der Waals surface area contributed by atoms with E-state index < -0.39 is 0 Å². The van der Waals surface area contributed by atoms with E-state index in [1.807, 2.05) is 7.05 Å². The molecule has 0 aromatic rings. The molecule has 4 heteroatoms. The van der Waals surface area contributed by atoms with Gasteiger partial charge >= 0.3 is 5.97 Å². The summed E-state index contributed by atoms with van der Waals surface area (Å²) < 4.78 is 5.02. The number of nitrogens with one attached hydrogen (secondary N) is 1. The van der Waals surface area contributed by atoms with Crippen LogP contribution in [0.5, 0.6) is 0 Å². The van der Waals surface area contributed by atoms with Gasteiger partial charge in [-0.05, 0) is 32.1 Å². The zero-order chi connectivity index (χ0) is 13.7. The van der Waals surface area contributed by atoms with Gasteiger partial charge < -0.3 is 15.0 Å². The van der Waals surface area contributed by atoms with E-state index in [1.165, 1.54) is 23.2 Å². The molecule has 1 N–H and O–H groups in total. The van der Waals surface area contributed by atoms with Crippen molar-refractivity contribution >= 4 is 5.97 Å². The Morgan fingerprint density at radius 2 is 2.37 bits per heavy atom. The normalized spacial score (nSPS) is 17.9. The second kappa shape index (κ2) is 6.45. The summed E-state index contributed by atoms with van der Waals surface area (Å²) in [5.74, 6) is -0.340. The molecule has 0 aliphatic carbocycles. The van der Waals surface area contributed by atoms with Crippen molar-refractivity contribution in [3.8, 4) is 0 Å². The van der Waals surface area contributed by atoms with Gasteiger partial charge in [-0.3, -0.25) is 0 Å². The second-order valence-corrected chi connectivity index (χ2v) is 4.79. The van der Waals surface area contributed by atoms with Gasteiger partial charge in [0.25, 0.3) is 0 Å². The summed E-state index contributed by atoms with van der Waals surface area (Å²) in [6, 6.07) is 0. The van der Waals surface area contributed by atoms with Crippen LogP contribution in [-0.4, -0.2) is 31.1 Å². The molecule has 0 unspecified atom stereocenters. The maximum Gasteiger partial charge on any atom is 0.330 e. The number of nitrogens with zero attached hydrogens (tertiary/aromatic N) is 1. The molecule has 0 aromatic heterocycles. The summed E-state index contributed by atoms with van der Waals surface area (Å²) in [6.45, 7) is 4.76. The Morgan fingerprint density at radius 3 is 3.11 bits per heavy atom. The molecule has 1 saturated heterocycles. The molecule has 104 valence electrons. The summed E-state index contributed by atoms with van der Waals surface area (Å²) in [5, 5.41) is 3.33. The van der Waals surface area contributed by atoms with Crippen LogP contribution in [0, 0.1) is 0 Å². The van der Waals surface area contributed by atoms with Crippen LogP contribution in [0.15, 0.2) is 35.8 Å². The number of allylic oxidation sites excluding steroid dienone is 4. The molecule has 0 radical (unpaired) electrons. The molecule has 2 aliphatic heterocycles. The molecule has 2 bridgehead atoms. The van der Waals surface area contributed by atoms with Crippen molar-refractivity contribution in [3.63, 3.8) is 0 Å². The van der Waals surface area contributed by atoms with Crippen molar-refractivity contribution in [1.82, 2.24) is 10.2 Å². The van der Waals surface area contributed by atoms with Crippen molar-refractivity contribution in [3.05, 3.63) is 35.8 Å². The molecule has 2 heterocycles. The van der Waals surface area contributed by atoms with Gasteiger partial charge in [0, 0.05) is 36.8 Å². The summed E-state index contributed by atoms with van der Waals surface area (Å²) in [6.07, 6.45) is 8.85. The zero-order valence-corrected chi connectivity index (χ0v) is 11.6. The number of hydrogen-bond donors (Lipinski definition) is 1. The smallest absolute Gasteiger partial charge is 0.330 e. The van der Waals surface area contributed by atoms with Gasteiger partial charge in [0.05, 0.1) is 6.61 Å². The fraction of sp³-hybridized carbons (Fsp3) is 0.533. The van der Waals surface area contributed by atoms with Crippen LogP contribution >= 0.6 is 0 Å². The predicted octanol–water partition coefficient (Wildman–Crippen LogP) is 2.31. The number of carbonyl (C=O) groups excluding carboxylic acids is 1. The SMILES string of the molecule is C=CC(=O)OCCCN1C2=CCCC(NC)=C1CC2. The summed E-state index contributed by atoms with van der Waals surface area (Å²) in [4.78, 5) is 13.4. The largest absolute Gasteiger partial charge is 0.462 e. The predicted molar refractivity (Wildman–Crippen MR) is 75.1 cm³/mol. The number of esters is 1. The van der Waals surface area contributed by atoms with Crippen molar-refractivity contribution in [2.75, 3.05) is 20.2 Å². The molecular formula is C15H22N2O2. The number of ether oxygens (including phenoxy) is 1. The molecule has 0 spiro atoms. The molecule has 0 atom stereocenters. The standard InChI is InChI=1S/C15H22N2O2/c1-3-15(18)19-11-5-10-17-12-6-4-7-13(16-2)14(17)9-8-12/h3,6,16H,1,4-5,7-11H2,2H3. The maximum atomic E-state index is 11.0. The highest BCUT2D eigenvalue weighted by Gasteiger charge is 2.26. The van der Waals surface area contributed by atoms with Crippen LogP contribution in [0.25, 0.3) is 0 Å². The van der Waals surface area contributed by atoms with Gasteiger partial charge in [-0.25, -0.2) is 4.79 Å². The number of rotatable bonds is 6. The lowest BCUT2D eigenvalue weighted by atomic mass is 10.1. The Kier molecular flexibility index (Phi) is 4.66. The molecular weight excluding hydrogens is 240 g/mol. The maximum absolute atomic E-state index is 11.0. The average Bonchev–Trinajstić information content (AvgIpc) is 2.71. The third-order valence-electron chi connectivity index (χ3n) is 3.65. The van der Waals surface area contributed by atoms with Gasteiger partial charge in [0.15, 0.2) is 0 Å². The Labute approximate surface area is 114 Å². The topological polar surface area (TPSA) is 41.6 Å². The summed E-state index contributed by atoms with van der Waals surface area (Å²) >= 11 is 0. The fourth-order valence-corrected chi connectivity index (χ4v) is 2.75. The van der Waals surface area contributed by atoms with Gasteiger partial charge in [-0.2, -0.15) is 0 Å². The van der Waals surface area contributed by atoms with Gasteiger partial charge in [0.2, 0.25) is 0 Å². The number of fused-ring (bicyclic) bond motifs is 2. The van der Waals surface area contributed by atoms with E-state index in [0.29, 0.717) is 6.61 Å². The molecule has 0 saturated carbocycles. The Hall–Kier alpha value is -1.71. The molecule has 2 rings (SSSR count). The Morgan fingerprint density at radius 1 is 1.53 bits per heavy atom. The van der Waals surface area contributed by atoms with Crippen LogP contribution in [0.4, 0.5) is 0 Å². The van der Waals surface area contributed by atoms with E-state index in [-0.39, 0.29) is 5.97 Å². The van der Waals surface area contributed by atoms with Gasteiger partial charge in [-0.1, -0.05) is 12.7 Å². The first-order valence-electron chi connectivity index (χ1n) is 6.91. The van der Waals surface area contributed by atoms with Crippen LogP contribution in [0.2, 0.25) is 0 Å². The van der Waals surface area contributed by atoms with Gasteiger partial charge in [0.1, 0.15) is 0 Å². The van der Waals surface area contributed by atoms with E-state index >= 15 is 0 Å². The van der Waals surface area contributed by atoms with Crippen LogP contribution in [0.3, 0.4) is 0 Å². The Bertz CT molecular complexity index is 424. The highest BCUT2D eigenvalue weighted by molar-refractivity contribution is 5.81. The van der Waals surface area contributed by atoms with Crippen molar-refractivity contribution in [2.45, 2.75) is 32.1 Å². The van der Waals surface area contributed by atoms with Crippen molar-refractivity contribution in [1.29, 1.82) is 0 Å². The van der Waals surface area contributed by atoms with E-state index in [9.17, 15) is 4.79 Å². The number of carbonyl (C=O) groups is 1. The van der Waals surface area contributed by atoms with Crippen LogP contribution in [-0.2, 0) is 9.53 Å². The monoisotopic (exact) mass is 262 g/mol. The van der Waals surface area contributed by atoms with Crippen molar-refractivity contribution in [2.24, 2.45) is 0 Å². The first kappa shape index (κ1) is 13.7. The molecule has 2 aliphatic rings. The van der Waals surface area contributed by atoms with E-state index in [1.54, 1.807) is 0 Å². The number of hydrogen-bond acceptors (Lipinski definition) is 4. The van der Waals surface area contributed by atoms with E-state index in [4.69, 9.17) is 4.74 Å². The highest BCUT2D eigenvalue weighted by Crippen LogP contribution is 2.36. The molecule has 0 aromatic carbocycles.